The van der Waals surface area contributed by atoms with E-state index in [-0.39, 0.29) is 0 Å². The van der Waals surface area contributed by atoms with Crippen LogP contribution in [0.2, 0.25) is 0 Å². The summed E-state index contributed by atoms with van der Waals surface area (Å²) in [7, 11) is 0. The van der Waals surface area contributed by atoms with Crippen LogP contribution in [-0.4, -0.2) is 25.2 Å². The van der Waals surface area contributed by atoms with Gasteiger partial charge in [-0.15, -0.1) is 0 Å². The predicted octanol–water partition coefficient (Wildman–Crippen LogP) is 2.63. The van der Waals surface area contributed by atoms with Crippen LogP contribution in [-0.2, 0) is 13.1 Å². The summed E-state index contributed by atoms with van der Waals surface area (Å²) in [6.07, 6.45) is 4.02. The van der Waals surface area contributed by atoms with Crippen molar-refractivity contribution in [2.75, 3.05) is 0 Å². The number of hydrogen-bond donors (Lipinski definition) is 1. The Morgan fingerprint density at radius 1 is 1.27 bits per heavy atom. The van der Waals surface area contributed by atoms with Crippen molar-refractivity contribution in [2.24, 2.45) is 0 Å². The minimum atomic E-state index is 0.341. The number of hydrogen-bond acceptors (Lipinski definition) is 3. The summed E-state index contributed by atoms with van der Waals surface area (Å²) >= 11 is 0. The Morgan fingerprint density at radius 3 is 2.82 bits per heavy atom. The number of nitrogens with zero attached hydrogens (tertiary/aromatic N) is 4. The first-order chi connectivity index (χ1) is 10.5. The van der Waals surface area contributed by atoms with Crippen LogP contribution < -0.4 is 5.32 Å². The molecule has 3 aromatic rings. The van der Waals surface area contributed by atoms with Gasteiger partial charge in [-0.1, -0.05) is 6.07 Å². The molecular formula is C17H23N5. The van der Waals surface area contributed by atoms with Gasteiger partial charge in [-0.05, 0) is 45.4 Å². The molecule has 0 saturated carbocycles. The molecule has 0 aromatic carbocycles. The fourth-order valence-electron chi connectivity index (χ4n) is 2.80. The first-order valence-electron chi connectivity index (χ1n) is 7.70. The lowest BCUT2D eigenvalue weighted by Crippen LogP contribution is -2.31. The van der Waals surface area contributed by atoms with Crippen LogP contribution in [0.15, 0.2) is 30.6 Å². The molecule has 3 aromatic heterocycles. The molecule has 0 bridgehead atoms. The molecule has 5 nitrogen and oxygen atoms in total. The second-order valence-electron chi connectivity index (χ2n) is 6.03. The van der Waals surface area contributed by atoms with Crippen molar-refractivity contribution in [3.05, 3.63) is 53.2 Å². The third kappa shape index (κ3) is 2.90. The number of aryl methyl sites for hydroxylation is 3. The fourth-order valence-corrected chi connectivity index (χ4v) is 2.80. The summed E-state index contributed by atoms with van der Waals surface area (Å²) in [4.78, 5) is 4.50. The number of imidazole rings is 1. The molecule has 1 N–H and O–H groups in total. The van der Waals surface area contributed by atoms with Gasteiger partial charge in [0.05, 0.1) is 24.1 Å². The van der Waals surface area contributed by atoms with Gasteiger partial charge in [0.25, 0.3) is 0 Å². The van der Waals surface area contributed by atoms with E-state index in [0.717, 1.165) is 24.4 Å². The largest absolute Gasteiger partial charge is 0.307 e. The molecule has 5 heteroatoms. The van der Waals surface area contributed by atoms with Gasteiger partial charge in [-0.2, -0.15) is 5.10 Å². The molecule has 0 unspecified atom stereocenters. The van der Waals surface area contributed by atoms with Gasteiger partial charge in [0.15, 0.2) is 0 Å². The average Bonchev–Trinajstić information content (AvgIpc) is 3.01. The highest BCUT2D eigenvalue weighted by atomic mass is 15.3. The van der Waals surface area contributed by atoms with Gasteiger partial charge in [-0.3, -0.25) is 4.68 Å². The topological polar surface area (TPSA) is 47.2 Å². The molecule has 1 atom stereocenters. The molecular weight excluding hydrogens is 274 g/mol. The van der Waals surface area contributed by atoms with Crippen LogP contribution in [0.4, 0.5) is 0 Å². The molecule has 3 heterocycles. The minimum absolute atomic E-state index is 0.341. The van der Waals surface area contributed by atoms with Gasteiger partial charge in [0.2, 0.25) is 0 Å². The van der Waals surface area contributed by atoms with Crippen molar-refractivity contribution in [1.82, 2.24) is 24.5 Å². The smallest absolute Gasteiger partial charge is 0.139 e. The quantitative estimate of drug-likeness (QED) is 0.787. The maximum atomic E-state index is 4.52. The number of rotatable bonds is 5. The van der Waals surface area contributed by atoms with E-state index in [0.29, 0.717) is 6.04 Å². The van der Waals surface area contributed by atoms with Crippen molar-refractivity contribution >= 4 is 5.65 Å². The van der Waals surface area contributed by atoms with Crippen LogP contribution in [0.3, 0.4) is 0 Å². The first-order valence-corrected chi connectivity index (χ1v) is 7.70. The summed E-state index contributed by atoms with van der Waals surface area (Å²) in [5.41, 5.74) is 5.69. The van der Waals surface area contributed by atoms with E-state index in [1.165, 1.54) is 17.0 Å². The number of aromatic nitrogens is 4. The molecule has 0 radical (unpaired) electrons. The number of fused-ring (bicyclic) bond motifs is 1. The Kier molecular flexibility index (Phi) is 3.98. The van der Waals surface area contributed by atoms with E-state index in [4.69, 9.17) is 0 Å². The van der Waals surface area contributed by atoms with E-state index >= 15 is 0 Å². The van der Waals surface area contributed by atoms with E-state index in [9.17, 15) is 0 Å². The van der Waals surface area contributed by atoms with E-state index in [2.05, 4.69) is 69.6 Å². The Balaban J connectivity index is 1.66. The Morgan fingerprint density at radius 2 is 2.09 bits per heavy atom. The van der Waals surface area contributed by atoms with Crippen molar-refractivity contribution in [3.63, 3.8) is 0 Å². The second-order valence-corrected chi connectivity index (χ2v) is 6.03. The van der Waals surface area contributed by atoms with Crippen LogP contribution >= 0.6 is 0 Å². The molecule has 0 amide bonds. The Labute approximate surface area is 131 Å². The molecule has 0 aliphatic rings. The van der Waals surface area contributed by atoms with Crippen molar-refractivity contribution in [1.29, 1.82) is 0 Å². The monoisotopic (exact) mass is 297 g/mol. The molecule has 0 spiro atoms. The molecule has 3 rings (SSSR count). The van der Waals surface area contributed by atoms with Crippen LogP contribution in [0, 0.1) is 20.8 Å². The van der Waals surface area contributed by atoms with Crippen LogP contribution in [0.25, 0.3) is 5.65 Å². The lowest BCUT2D eigenvalue weighted by atomic mass is 10.3. The summed E-state index contributed by atoms with van der Waals surface area (Å²) in [6.45, 7) is 10.1. The van der Waals surface area contributed by atoms with Crippen molar-refractivity contribution in [2.45, 2.75) is 46.8 Å². The van der Waals surface area contributed by atoms with Crippen LogP contribution in [0.1, 0.15) is 29.6 Å². The first kappa shape index (κ1) is 14.8. The summed E-state index contributed by atoms with van der Waals surface area (Å²) in [6, 6.07) is 6.60. The molecule has 22 heavy (non-hydrogen) atoms. The molecule has 0 aliphatic heterocycles. The summed E-state index contributed by atoms with van der Waals surface area (Å²) in [5.74, 6) is 0. The lowest BCUT2D eigenvalue weighted by Gasteiger charge is -2.15. The zero-order valence-corrected chi connectivity index (χ0v) is 13.7. The fraction of sp³-hybridized carbons (Fsp3) is 0.412. The highest BCUT2D eigenvalue weighted by Crippen LogP contribution is 2.11. The Hall–Kier alpha value is -2.14. The minimum Gasteiger partial charge on any atom is -0.307 e. The third-order valence-electron chi connectivity index (χ3n) is 3.99. The van der Waals surface area contributed by atoms with Gasteiger partial charge < -0.3 is 9.72 Å². The number of nitrogens with one attached hydrogen (secondary N) is 1. The third-order valence-corrected chi connectivity index (χ3v) is 3.99. The standard InChI is InChI=1S/C17H23N5/c1-12-6-5-7-21-16(10-19-17(12)21)9-18-14(3)11-22-15(4)8-13(2)20-22/h5-8,10,14,18H,9,11H2,1-4H3/t14-/m0/s1. The zero-order valence-electron chi connectivity index (χ0n) is 13.7. The highest BCUT2D eigenvalue weighted by molar-refractivity contribution is 5.48. The normalized spacial score (nSPS) is 12.9. The molecule has 116 valence electrons. The van der Waals surface area contributed by atoms with E-state index < -0.39 is 0 Å². The second kappa shape index (κ2) is 5.93. The maximum Gasteiger partial charge on any atom is 0.139 e. The molecule has 0 aliphatic carbocycles. The highest BCUT2D eigenvalue weighted by Gasteiger charge is 2.09. The maximum absolute atomic E-state index is 4.52. The van der Waals surface area contributed by atoms with Gasteiger partial charge in [0.1, 0.15) is 5.65 Å². The molecule has 0 fully saturated rings. The van der Waals surface area contributed by atoms with Gasteiger partial charge in [-0.25, -0.2) is 4.98 Å². The summed E-state index contributed by atoms with van der Waals surface area (Å²) < 4.78 is 4.21. The SMILES string of the molecule is Cc1cc(C)n(C[C@H](C)NCc2cnc3c(C)cccn23)n1. The zero-order chi connectivity index (χ0) is 15.7. The van der Waals surface area contributed by atoms with Crippen molar-refractivity contribution in [3.8, 4) is 0 Å². The van der Waals surface area contributed by atoms with Crippen molar-refractivity contribution < 1.29 is 0 Å². The van der Waals surface area contributed by atoms with E-state index in [1.807, 2.05) is 13.1 Å². The predicted molar refractivity (Wildman–Crippen MR) is 87.9 cm³/mol. The number of pyridine rings is 1. The Bertz CT molecular complexity index is 784. The summed E-state index contributed by atoms with van der Waals surface area (Å²) in [5, 5.41) is 8.08. The average molecular weight is 297 g/mol. The lowest BCUT2D eigenvalue weighted by molar-refractivity contribution is 0.441. The molecule has 0 saturated heterocycles. The van der Waals surface area contributed by atoms with E-state index in [1.54, 1.807) is 0 Å². The van der Waals surface area contributed by atoms with Gasteiger partial charge in [0, 0.05) is 24.5 Å². The van der Waals surface area contributed by atoms with Gasteiger partial charge >= 0.3 is 0 Å². The van der Waals surface area contributed by atoms with Crippen LogP contribution in [0.5, 0.6) is 0 Å².